The molecule has 3 heterocycles. The number of fused-ring (bicyclic) bond motifs is 3. The number of hydrogen-bond acceptors (Lipinski definition) is 4. The maximum absolute atomic E-state index is 5.66. The summed E-state index contributed by atoms with van der Waals surface area (Å²) >= 11 is 0. The van der Waals surface area contributed by atoms with Gasteiger partial charge in [0.05, 0.1) is 6.61 Å². The molecule has 0 aromatic carbocycles. The lowest BCUT2D eigenvalue weighted by atomic mass is 10.3. The van der Waals surface area contributed by atoms with Crippen molar-refractivity contribution in [2.45, 2.75) is 6.92 Å². The normalized spacial score (nSPS) is 11.1. The lowest BCUT2D eigenvalue weighted by Crippen LogP contribution is -1.94. The molecule has 0 bridgehead atoms. The van der Waals surface area contributed by atoms with Crippen molar-refractivity contribution >= 4 is 22.1 Å². The average Bonchev–Trinajstić information content (AvgIpc) is 2.68. The first-order chi connectivity index (χ1) is 7.90. The van der Waals surface area contributed by atoms with E-state index in [0.717, 1.165) is 22.1 Å². The molecule has 0 aliphatic rings. The summed E-state index contributed by atoms with van der Waals surface area (Å²) in [6.07, 6.45) is 3.41. The van der Waals surface area contributed by atoms with Gasteiger partial charge in [-0.25, -0.2) is 4.98 Å². The van der Waals surface area contributed by atoms with E-state index in [0.29, 0.717) is 12.5 Å². The minimum absolute atomic E-state index is 0.575. The maximum atomic E-state index is 5.66. The van der Waals surface area contributed by atoms with Gasteiger partial charge in [-0.15, -0.1) is 0 Å². The SMILES string of the molecule is CCOc1nccc2oc3cccnc3c12. The number of furan rings is 1. The fourth-order valence-corrected chi connectivity index (χ4v) is 1.75. The van der Waals surface area contributed by atoms with E-state index in [4.69, 9.17) is 9.15 Å². The minimum Gasteiger partial charge on any atom is -0.477 e. The first-order valence-electron chi connectivity index (χ1n) is 5.15. The van der Waals surface area contributed by atoms with Crippen molar-refractivity contribution in [1.82, 2.24) is 9.97 Å². The average molecular weight is 214 g/mol. The molecule has 0 radical (unpaired) electrons. The molecule has 16 heavy (non-hydrogen) atoms. The molecule has 0 saturated heterocycles. The van der Waals surface area contributed by atoms with Crippen LogP contribution in [0.25, 0.3) is 22.1 Å². The van der Waals surface area contributed by atoms with Gasteiger partial charge in [-0.05, 0) is 19.1 Å². The number of rotatable bonds is 2. The summed E-state index contributed by atoms with van der Waals surface area (Å²) in [6, 6.07) is 5.55. The van der Waals surface area contributed by atoms with Crippen LogP contribution in [-0.4, -0.2) is 16.6 Å². The van der Waals surface area contributed by atoms with Crippen LogP contribution in [0.3, 0.4) is 0 Å². The number of aromatic nitrogens is 2. The molecule has 3 rings (SSSR count). The summed E-state index contributed by atoms with van der Waals surface area (Å²) in [5, 5.41) is 0.847. The Kier molecular flexibility index (Phi) is 1.99. The fraction of sp³-hybridized carbons (Fsp3) is 0.167. The van der Waals surface area contributed by atoms with E-state index in [1.54, 1.807) is 12.4 Å². The highest BCUT2D eigenvalue weighted by Gasteiger charge is 2.13. The standard InChI is InChI=1S/C12H10N2O2/c1-2-15-12-10-8(5-7-14-12)16-9-4-3-6-13-11(9)10/h3-7H,2H2,1H3. The van der Waals surface area contributed by atoms with Gasteiger partial charge < -0.3 is 9.15 Å². The van der Waals surface area contributed by atoms with Gasteiger partial charge in [-0.3, -0.25) is 4.98 Å². The Morgan fingerprint density at radius 1 is 1.19 bits per heavy atom. The van der Waals surface area contributed by atoms with Crippen LogP contribution in [0.1, 0.15) is 6.92 Å². The summed E-state index contributed by atoms with van der Waals surface area (Å²) < 4.78 is 11.1. The van der Waals surface area contributed by atoms with Crippen LogP contribution in [0.4, 0.5) is 0 Å². The van der Waals surface area contributed by atoms with Crippen molar-refractivity contribution < 1.29 is 9.15 Å². The lowest BCUT2D eigenvalue weighted by molar-refractivity contribution is 0.331. The van der Waals surface area contributed by atoms with Gasteiger partial charge in [0.1, 0.15) is 16.5 Å². The molecule has 0 aliphatic carbocycles. The van der Waals surface area contributed by atoms with Crippen molar-refractivity contribution in [3.05, 3.63) is 30.6 Å². The molecule has 0 amide bonds. The molecule has 0 spiro atoms. The quantitative estimate of drug-likeness (QED) is 0.658. The molecular weight excluding hydrogens is 204 g/mol. The zero-order valence-corrected chi connectivity index (χ0v) is 8.80. The molecule has 0 aliphatic heterocycles. The zero-order chi connectivity index (χ0) is 11.0. The van der Waals surface area contributed by atoms with Crippen LogP contribution in [0, 0.1) is 0 Å². The summed E-state index contributed by atoms with van der Waals surface area (Å²) in [6.45, 7) is 2.50. The Morgan fingerprint density at radius 3 is 3.00 bits per heavy atom. The van der Waals surface area contributed by atoms with Crippen molar-refractivity contribution in [3.63, 3.8) is 0 Å². The third kappa shape index (κ3) is 1.23. The van der Waals surface area contributed by atoms with Crippen LogP contribution >= 0.6 is 0 Å². The van der Waals surface area contributed by atoms with E-state index in [2.05, 4.69) is 9.97 Å². The van der Waals surface area contributed by atoms with Crippen molar-refractivity contribution in [2.75, 3.05) is 6.61 Å². The monoisotopic (exact) mass is 214 g/mol. The first-order valence-corrected chi connectivity index (χ1v) is 5.15. The van der Waals surface area contributed by atoms with E-state index in [9.17, 15) is 0 Å². The number of hydrogen-bond donors (Lipinski definition) is 0. The Balaban J connectivity index is 2.43. The summed E-state index contributed by atoms with van der Waals surface area (Å²) in [4.78, 5) is 8.50. The summed E-state index contributed by atoms with van der Waals surface area (Å²) in [7, 11) is 0. The van der Waals surface area contributed by atoms with Gasteiger partial charge in [-0.1, -0.05) is 0 Å². The lowest BCUT2D eigenvalue weighted by Gasteiger charge is -2.01. The highest BCUT2D eigenvalue weighted by molar-refractivity contribution is 6.04. The fourth-order valence-electron chi connectivity index (χ4n) is 1.75. The molecule has 3 aromatic rings. The maximum Gasteiger partial charge on any atom is 0.226 e. The van der Waals surface area contributed by atoms with Crippen molar-refractivity contribution in [1.29, 1.82) is 0 Å². The molecule has 0 unspecified atom stereocenters. The van der Waals surface area contributed by atoms with Gasteiger partial charge in [0.15, 0.2) is 5.58 Å². The van der Waals surface area contributed by atoms with Gasteiger partial charge in [0, 0.05) is 18.5 Å². The molecule has 0 atom stereocenters. The number of nitrogens with zero attached hydrogens (tertiary/aromatic N) is 2. The second kappa shape index (κ2) is 3.48. The Labute approximate surface area is 91.9 Å². The van der Waals surface area contributed by atoms with Gasteiger partial charge in [-0.2, -0.15) is 0 Å². The van der Waals surface area contributed by atoms with Crippen LogP contribution in [0.2, 0.25) is 0 Å². The first kappa shape index (κ1) is 9.15. The predicted molar refractivity (Wildman–Crippen MR) is 60.5 cm³/mol. The molecule has 0 saturated carbocycles. The van der Waals surface area contributed by atoms with Crippen LogP contribution in [0.15, 0.2) is 35.0 Å². The molecular formula is C12H10N2O2. The molecule has 0 N–H and O–H groups in total. The third-order valence-corrected chi connectivity index (χ3v) is 2.39. The van der Waals surface area contributed by atoms with E-state index < -0.39 is 0 Å². The van der Waals surface area contributed by atoms with E-state index >= 15 is 0 Å². The molecule has 4 nitrogen and oxygen atoms in total. The number of ether oxygens (including phenoxy) is 1. The van der Waals surface area contributed by atoms with E-state index in [1.807, 2.05) is 25.1 Å². The van der Waals surface area contributed by atoms with Crippen LogP contribution in [-0.2, 0) is 0 Å². The summed E-state index contributed by atoms with van der Waals surface area (Å²) in [5.41, 5.74) is 2.31. The second-order valence-electron chi connectivity index (χ2n) is 3.37. The van der Waals surface area contributed by atoms with Crippen LogP contribution < -0.4 is 4.74 Å². The summed E-state index contributed by atoms with van der Waals surface area (Å²) in [5.74, 6) is 0.581. The zero-order valence-electron chi connectivity index (χ0n) is 8.80. The highest BCUT2D eigenvalue weighted by atomic mass is 16.5. The number of pyridine rings is 2. The second-order valence-corrected chi connectivity index (χ2v) is 3.37. The topological polar surface area (TPSA) is 48.2 Å². The van der Waals surface area contributed by atoms with Gasteiger partial charge >= 0.3 is 0 Å². The van der Waals surface area contributed by atoms with E-state index in [-0.39, 0.29) is 0 Å². The van der Waals surface area contributed by atoms with Gasteiger partial charge in [0.25, 0.3) is 0 Å². The van der Waals surface area contributed by atoms with Crippen molar-refractivity contribution in [2.24, 2.45) is 0 Å². The van der Waals surface area contributed by atoms with Gasteiger partial charge in [0.2, 0.25) is 5.88 Å². The Bertz CT molecular complexity index is 646. The smallest absolute Gasteiger partial charge is 0.226 e. The predicted octanol–water partition coefficient (Wildman–Crippen LogP) is 2.77. The van der Waals surface area contributed by atoms with E-state index in [1.165, 1.54) is 0 Å². The minimum atomic E-state index is 0.575. The molecule has 4 heteroatoms. The van der Waals surface area contributed by atoms with Crippen LogP contribution in [0.5, 0.6) is 5.88 Å². The molecule has 0 fully saturated rings. The molecule has 80 valence electrons. The Morgan fingerprint density at radius 2 is 2.12 bits per heavy atom. The third-order valence-electron chi connectivity index (χ3n) is 2.39. The Hall–Kier alpha value is -2.10. The highest BCUT2D eigenvalue weighted by Crippen LogP contribution is 2.32. The molecule has 3 aromatic heterocycles. The largest absolute Gasteiger partial charge is 0.477 e. The van der Waals surface area contributed by atoms with Crippen molar-refractivity contribution in [3.8, 4) is 5.88 Å².